The van der Waals surface area contributed by atoms with Gasteiger partial charge < -0.3 is 28.5 Å². The third-order valence-corrected chi connectivity index (χ3v) is 5.62. The summed E-state index contributed by atoms with van der Waals surface area (Å²) in [6.07, 6.45) is 2.47. The molecule has 9 nitrogen and oxygen atoms in total. The van der Waals surface area contributed by atoms with Crippen LogP contribution in [0.25, 0.3) is 21.9 Å². The number of fused-ring (bicyclic) bond motifs is 4. The number of benzene rings is 2. The maximum Gasteiger partial charge on any atom is 0.344 e. The Morgan fingerprint density at radius 2 is 1.67 bits per heavy atom. The quantitative estimate of drug-likeness (QED) is 0.267. The Bertz CT molecular complexity index is 1530. The number of aryl methyl sites for hydroxylation is 1. The van der Waals surface area contributed by atoms with E-state index in [1.165, 1.54) is 6.07 Å². The minimum absolute atomic E-state index is 0.0456. The van der Waals surface area contributed by atoms with Crippen molar-refractivity contribution in [2.45, 2.75) is 25.9 Å². The summed E-state index contributed by atoms with van der Waals surface area (Å²) in [5, 5.41) is 20.5. The van der Waals surface area contributed by atoms with E-state index in [0.29, 0.717) is 22.3 Å². The van der Waals surface area contributed by atoms with Crippen LogP contribution in [-0.2, 0) is 29.0 Å². The molecule has 2 aromatic heterocycles. The van der Waals surface area contributed by atoms with Gasteiger partial charge in [0.2, 0.25) is 0 Å². The van der Waals surface area contributed by atoms with E-state index in [1.807, 2.05) is 0 Å². The zero-order chi connectivity index (χ0) is 23.1. The van der Waals surface area contributed by atoms with Crippen molar-refractivity contribution in [1.82, 2.24) is 0 Å². The molecule has 0 fully saturated rings. The van der Waals surface area contributed by atoms with Crippen LogP contribution in [0.15, 0.2) is 54.8 Å². The summed E-state index contributed by atoms with van der Waals surface area (Å²) in [5.74, 6) is -1.20. The van der Waals surface area contributed by atoms with Crippen LogP contribution >= 0.6 is 0 Å². The van der Waals surface area contributed by atoms with Gasteiger partial charge in [-0.25, -0.2) is 14.4 Å². The molecule has 0 atom stereocenters. The number of carbonyl (C=O) groups is 1. The van der Waals surface area contributed by atoms with Crippen LogP contribution in [0, 0.1) is 0 Å². The molecule has 0 unspecified atom stereocenters. The summed E-state index contributed by atoms with van der Waals surface area (Å²) in [4.78, 5) is 36.1. The molecule has 1 aliphatic carbocycles. The first-order chi connectivity index (χ1) is 15.9. The molecule has 0 bridgehead atoms. The third kappa shape index (κ3) is 3.89. The largest absolute Gasteiger partial charge is 0.504 e. The molecule has 0 aliphatic heterocycles. The van der Waals surface area contributed by atoms with Crippen LogP contribution < -0.4 is 16.0 Å². The van der Waals surface area contributed by atoms with Crippen molar-refractivity contribution in [2.75, 3.05) is 6.61 Å². The van der Waals surface area contributed by atoms with Gasteiger partial charge in [0.15, 0.2) is 18.1 Å². The highest BCUT2D eigenvalue weighted by Gasteiger charge is 2.20. The van der Waals surface area contributed by atoms with Crippen LogP contribution in [0.5, 0.6) is 17.2 Å². The molecule has 0 spiro atoms. The summed E-state index contributed by atoms with van der Waals surface area (Å²) in [6.45, 7) is -0.681. The lowest BCUT2D eigenvalue weighted by Gasteiger charge is -2.10. The van der Waals surface area contributed by atoms with Gasteiger partial charge in [0.25, 0.3) is 0 Å². The maximum absolute atomic E-state index is 12.2. The van der Waals surface area contributed by atoms with E-state index in [0.717, 1.165) is 47.9 Å². The number of carbonyl (C=O) groups excluding carboxylic acids is 1. The Labute approximate surface area is 185 Å². The van der Waals surface area contributed by atoms with Gasteiger partial charge in [-0.3, -0.25) is 0 Å². The van der Waals surface area contributed by atoms with Crippen molar-refractivity contribution in [1.29, 1.82) is 0 Å². The molecule has 0 saturated carbocycles. The van der Waals surface area contributed by atoms with Crippen molar-refractivity contribution < 1.29 is 33.3 Å². The second kappa shape index (κ2) is 8.01. The lowest BCUT2D eigenvalue weighted by atomic mass is 10.1. The lowest BCUT2D eigenvalue weighted by molar-refractivity contribution is -0.147. The number of phenolic OH excluding ortho intramolecular Hbond substituents is 2. The minimum atomic E-state index is -0.699. The number of esters is 1. The highest BCUT2D eigenvalue weighted by molar-refractivity contribution is 5.84. The monoisotopic (exact) mass is 450 g/mol. The van der Waals surface area contributed by atoms with Crippen molar-refractivity contribution in [3.8, 4) is 17.2 Å². The molecule has 4 aromatic rings. The van der Waals surface area contributed by atoms with Gasteiger partial charge in [-0.05, 0) is 43.0 Å². The van der Waals surface area contributed by atoms with Gasteiger partial charge >= 0.3 is 17.2 Å². The Morgan fingerprint density at radius 3 is 2.52 bits per heavy atom. The van der Waals surface area contributed by atoms with Gasteiger partial charge in [-0.1, -0.05) is 0 Å². The SMILES string of the molecule is O=C(COc1ccc2c3c(c(=O)oc2c1)CCC3)OCc1cc(=O)oc2cc(O)c(O)cc12. The summed E-state index contributed by atoms with van der Waals surface area (Å²) in [5.41, 5.74) is 1.44. The second-order valence-electron chi connectivity index (χ2n) is 7.74. The number of phenols is 2. The van der Waals surface area contributed by atoms with Gasteiger partial charge in [-0.2, -0.15) is 0 Å². The fourth-order valence-electron chi connectivity index (χ4n) is 4.07. The average molecular weight is 450 g/mol. The van der Waals surface area contributed by atoms with E-state index in [4.69, 9.17) is 18.3 Å². The molecular weight excluding hydrogens is 432 g/mol. The van der Waals surface area contributed by atoms with Gasteiger partial charge in [0.1, 0.15) is 23.5 Å². The van der Waals surface area contributed by atoms with Crippen molar-refractivity contribution in [3.63, 3.8) is 0 Å². The van der Waals surface area contributed by atoms with Crippen molar-refractivity contribution in [2.24, 2.45) is 0 Å². The highest BCUT2D eigenvalue weighted by Crippen LogP contribution is 2.32. The van der Waals surface area contributed by atoms with Crippen LogP contribution in [0.3, 0.4) is 0 Å². The predicted octanol–water partition coefficient (Wildman–Crippen LogP) is 2.92. The van der Waals surface area contributed by atoms with E-state index in [9.17, 15) is 24.6 Å². The topological polar surface area (TPSA) is 136 Å². The Kier molecular flexibility index (Phi) is 5.01. The highest BCUT2D eigenvalue weighted by atomic mass is 16.6. The molecule has 2 aromatic carbocycles. The average Bonchev–Trinajstić information content (AvgIpc) is 3.28. The zero-order valence-electron chi connectivity index (χ0n) is 17.3. The Hall–Kier alpha value is -4.27. The number of aromatic hydroxyl groups is 2. The number of hydrogen-bond acceptors (Lipinski definition) is 9. The first-order valence-corrected chi connectivity index (χ1v) is 10.2. The summed E-state index contributed by atoms with van der Waals surface area (Å²) in [6, 6.07) is 8.52. The molecule has 33 heavy (non-hydrogen) atoms. The summed E-state index contributed by atoms with van der Waals surface area (Å²) < 4.78 is 21.1. The van der Waals surface area contributed by atoms with E-state index in [2.05, 4.69) is 0 Å². The smallest absolute Gasteiger partial charge is 0.344 e. The summed E-state index contributed by atoms with van der Waals surface area (Å²) in [7, 11) is 0. The molecule has 5 rings (SSSR count). The molecule has 0 amide bonds. The van der Waals surface area contributed by atoms with Crippen molar-refractivity contribution >= 4 is 27.9 Å². The number of rotatable bonds is 5. The minimum Gasteiger partial charge on any atom is -0.504 e. The van der Waals surface area contributed by atoms with Crippen LogP contribution in [0.1, 0.15) is 23.1 Å². The molecule has 1 aliphatic rings. The van der Waals surface area contributed by atoms with E-state index >= 15 is 0 Å². The Morgan fingerprint density at radius 1 is 0.909 bits per heavy atom. The molecule has 9 heteroatoms. The second-order valence-corrected chi connectivity index (χ2v) is 7.74. The fourth-order valence-corrected chi connectivity index (χ4v) is 4.07. The zero-order valence-corrected chi connectivity index (χ0v) is 17.3. The predicted molar refractivity (Wildman–Crippen MR) is 116 cm³/mol. The maximum atomic E-state index is 12.2. The molecule has 0 saturated heterocycles. The summed E-state index contributed by atoms with van der Waals surface area (Å²) >= 11 is 0. The van der Waals surface area contributed by atoms with E-state index in [1.54, 1.807) is 18.2 Å². The fraction of sp³-hybridized carbons (Fsp3) is 0.208. The van der Waals surface area contributed by atoms with Gasteiger partial charge in [0, 0.05) is 40.1 Å². The van der Waals surface area contributed by atoms with Crippen LogP contribution in [0.4, 0.5) is 0 Å². The van der Waals surface area contributed by atoms with E-state index < -0.39 is 29.7 Å². The van der Waals surface area contributed by atoms with Gasteiger partial charge in [0.05, 0.1) is 0 Å². The van der Waals surface area contributed by atoms with E-state index in [-0.39, 0.29) is 17.8 Å². The molecule has 2 N–H and O–H groups in total. The third-order valence-electron chi connectivity index (χ3n) is 5.62. The van der Waals surface area contributed by atoms with Gasteiger partial charge in [-0.15, -0.1) is 0 Å². The van der Waals surface area contributed by atoms with Crippen LogP contribution in [0.2, 0.25) is 0 Å². The first kappa shape index (κ1) is 20.6. The molecular formula is C24H18O9. The normalized spacial score (nSPS) is 12.7. The van der Waals surface area contributed by atoms with Crippen molar-refractivity contribution in [3.05, 3.63) is 73.9 Å². The molecule has 0 radical (unpaired) electrons. The molecule has 168 valence electrons. The number of hydrogen-bond donors (Lipinski definition) is 2. The molecule has 2 heterocycles. The Balaban J connectivity index is 1.28. The standard InChI is InChI=1S/C24H18O9/c25-18-8-17-12(6-22(27)32-21(17)9-19(18)26)10-31-23(28)11-30-13-4-5-15-14-2-1-3-16(14)24(29)33-20(15)7-13/h4-9,25-26H,1-3,10-11H2. The first-order valence-electron chi connectivity index (χ1n) is 10.2. The van der Waals surface area contributed by atoms with Crippen LogP contribution in [-0.4, -0.2) is 22.8 Å². The lowest BCUT2D eigenvalue weighted by Crippen LogP contribution is -2.15. The number of ether oxygens (including phenoxy) is 2.